The molecule has 0 saturated carbocycles. The van der Waals surface area contributed by atoms with E-state index in [4.69, 9.17) is 0 Å². The van der Waals surface area contributed by atoms with E-state index in [1.807, 2.05) is 33.9 Å². The highest BCUT2D eigenvalue weighted by molar-refractivity contribution is 7.91. The van der Waals surface area contributed by atoms with Crippen molar-refractivity contribution in [2.75, 3.05) is 29.8 Å². The van der Waals surface area contributed by atoms with Crippen LogP contribution in [0.15, 0.2) is 18.5 Å². The summed E-state index contributed by atoms with van der Waals surface area (Å²) >= 11 is 1.59. The van der Waals surface area contributed by atoms with Gasteiger partial charge in [-0.05, 0) is 45.3 Å². The van der Waals surface area contributed by atoms with E-state index >= 15 is 0 Å². The van der Waals surface area contributed by atoms with E-state index < -0.39 is 16.2 Å². The number of nitrogens with one attached hydrogen (secondary N) is 2. The summed E-state index contributed by atoms with van der Waals surface area (Å²) in [6.07, 6.45) is 4.74. The van der Waals surface area contributed by atoms with Gasteiger partial charge in [0, 0.05) is 29.5 Å². The molecule has 0 aromatic carbocycles. The van der Waals surface area contributed by atoms with Crippen LogP contribution in [0, 0.1) is 6.92 Å². The van der Waals surface area contributed by atoms with Gasteiger partial charge in [0.25, 0.3) is 0 Å². The monoisotopic (exact) mass is 454 g/mol. The molecule has 1 saturated heterocycles. The van der Waals surface area contributed by atoms with Gasteiger partial charge in [-0.15, -0.1) is 11.3 Å². The van der Waals surface area contributed by atoms with Gasteiger partial charge in [-0.1, -0.05) is 13.8 Å². The maximum absolute atomic E-state index is 13.3. The molecule has 1 atom stereocenters. The molecule has 0 spiro atoms. The second-order valence-corrected chi connectivity index (χ2v) is 10.9. The summed E-state index contributed by atoms with van der Waals surface area (Å²) in [5.74, 6) is 0.222. The molecule has 9 nitrogen and oxygen atoms in total. The van der Waals surface area contributed by atoms with Gasteiger partial charge in [0.05, 0.1) is 23.6 Å². The molecule has 1 fully saturated rings. The normalized spacial score (nSPS) is 17.9. The fourth-order valence-corrected chi connectivity index (χ4v) is 6.07. The molecule has 0 aliphatic carbocycles. The lowest BCUT2D eigenvalue weighted by Crippen LogP contribution is -2.54. The molecule has 30 heavy (non-hydrogen) atoms. The molecule has 1 aliphatic heterocycles. The number of rotatable bonds is 6. The Morgan fingerprint density at radius 1 is 1.37 bits per heavy atom. The molecule has 166 valence electrons. The Labute approximate surface area is 182 Å². The maximum atomic E-state index is 13.3. The summed E-state index contributed by atoms with van der Waals surface area (Å²) in [6, 6.07) is 0.807. The third-order valence-electron chi connectivity index (χ3n) is 5.01. The second kappa shape index (κ2) is 8.94. The first-order valence-electron chi connectivity index (χ1n) is 9.97. The smallest absolute Gasteiger partial charge is 0.306 e. The molecule has 11 heteroatoms. The van der Waals surface area contributed by atoms with Crippen LogP contribution in [0.3, 0.4) is 0 Å². The number of amides is 2. The highest BCUT2D eigenvalue weighted by atomic mass is 32.2. The predicted molar refractivity (Wildman–Crippen MR) is 120 cm³/mol. The van der Waals surface area contributed by atoms with Crippen molar-refractivity contribution in [2.24, 2.45) is 7.05 Å². The maximum Gasteiger partial charge on any atom is 0.334 e. The lowest BCUT2D eigenvalue weighted by molar-refractivity contribution is 0.251. The summed E-state index contributed by atoms with van der Waals surface area (Å²) in [5.41, 5.74) is 1.08. The number of hydrogen-bond donors (Lipinski definition) is 2. The van der Waals surface area contributed by atoms with E-state index in [9.17, 15) is 13.2 Å². The van der Waals surface area contributed by atoms with Gasteiger partial charge in [-0.3, -0.25) is 4.68 Å². The first-order valence-corrected chi connectivity index (χ1v) is 12.2. The number of carbonyl (C=O) groups excluding carboxylic acids is 1. The van der Waals surface area contributed by atoms with Crippen LogP contribution in [-0.4, -0.2) is 55.3 Å². The fraction of sp³-hybridized carbons (Fsp3) is 0.579. The predicted octanol–water partition coefficient (Wildman–Crippen LogP) is 2.88. The number of aryl methyl sites for hydroxylation is 2. The van der Waals surface area contributed by atoms with Crippen LogP contribution in [0.4, 0.5) is 16.2 Å². The summed E-state index contributed by atoms with van der Waals surface area (Å²) in [7, 11) is -0.441. The molecule has 2 aromatic rings. The molecule has 3 heterocycles. The Hall–Kier alpha value is -2.11. The quantitative estimate of drug-likeness (QED) is 0.699. The summed E-state index contributed by atoms with van der Waals surface area (Å²) in [5, 5.41) is 6.83. The van der Waals surface area contributed by atoms with E-state index in [1.54, 1.807) is 29.3 Å². The molecule has 2 amide bonds. The standard InChI is InChI=1S/C19H30N6O3S2/c1-13(2)18-17(9-14(3)29-18)21-19(26)22-30(27,28)25(16-10-20-24(5)12-16)15-7-6-8-23(4)11-15/h9-10,12-13,15H,6-8,11H2,1-5H3,(H2,21,22,26)/t15-/m0/s1. The van der Waals surface area contributed by atoms with Crippen LogP contribution >= 0.6 is 11.3 Å². The van der Waals surface area contributed by atoms with E-state index in [-0.39, 0.29) is 12.0 Å². The Kier molecular flexibility index (Phi) is 6.73. The molecule has 2 aromatic heterocycles. The SMILES string of the molecule is Cc1cc(NC(=O)NS(=O)(=O)N(c2cnn(C)c2)[C@H]2CCCN(C)C2)c(C(C)C)s1. The van der Waals surface area contributed by atoms with Crippen LogP contribution in [-0.2, 0) is 17.3 Å². The van der Waals surface area contributed by atoms with E-state index in [1.165, 1.54) is 10.5 Å². The van der Waals surface area contributed by atoms with Crippen LogP contribution in [0.25, 0.3) is 0 Å². The minimum atomic E-state index is -4.14. The minimum Gasteiger partial charge on any atom is -0.306 e. The second-order valence-electron chi connectivity index (χ2n) is 8.08. The topological polar surface area (TPSA) is 99.6 Å². The van der Waals surface area contributed by atoms with Crippen LogP contribution in [0.2, 0.25) is 0 Å². The van der Waals surface area contributed by atoms with Crippen molar-refractivity contribution < 1.29 is 13.2 Å². The van der Waals surface area contributed by atoms with Gasteiger partial charge in [-0.2, -0.15) is 13.5 Å². The van der Waals surface area contributed by atoms with Crippen molar-refractivity contribution >= 4 is 39.0 Å². The number of thiophene rings is 1. The Morgan fingerprint density at radius 3 is 2.70 bits per heavy atom. The van der Waals surface area contributed by atoms with Crippen molar-refractivity contribution in [3.05, 3.63) is 28.2 Å². The van der Waals surface area contributed by atoms with Crippen LogP contribution in [0.1, 0.15) is 42.4 Å². The molecular weight excluding hydrogens is 424 g/mol. The third kappa shape index (κ3) is 5.13. The average Bonchev–Trinajstić information content (AvgIpc) is 3.20. The van der Waals surface area contributed by atoms with Crippen molar-refractivity contribution in [1.82, 2.24) is 19.4 Å². The molecule has 3 rings (SSSR count). The summed E-state index contributed by atoms with van der Waals surface area (Å²) in [4.78, 5) is 16.8. The molecule has 0 radical (unpaired) electrons. The zero-order chi connectivity index (χ0) is 22.1. The van der Waals surface area contributed by atoms with E-state index in [0.717, 1.165) is 22.7 Å². The van der Waals surface area contributed by atoms with Gasteiger partial charge in [0.15, 0.2) is 0 Å². The zero-order valence-corrected chi connectivity index (χ0v) is 19.7. The van der Waals surface area contributed by atoms with Crippen molar-refractivity contribution in [3.8, 4) is 0 Å². The lowest BCUT2D eigenvalue weighted by atomic mass is 10.1. The average molecular weight is 455 g/mol. The minimum absolute atomic E-state index is 0.222. The van der Waals surface area contributed by atoms with E-state index in [2.05, 4.69) is 20.0 Å². The number of piperidine rings is 1. The number of likely N-dealkylation sites (N-methyl/N-ethyl adjacent to an activating group) is 1. The first kappa shape index (κ1) is 22.6. The van der Waals surface area contributed by atoms with Crippen molar-refractivity contribution in [2.45, 2.75) is 45.6 Å². The number of urea groups is 1. The van der Waals surface area contributed by atoms with Crippen molar-refractivity contribution in [1.29, 1.82) is 0 Å². The molecule has 2 N–H and O–H groups in total. The first-order chi connectivity index (χ1) is 14.1. The fourth-order valence-electron chi connectivity index (χ4n) is 3.77. The largest absolute Gasteiger partial charge is 0.334 e. The molecular formula is C19H30N6O3S2. The van der Waals surface area contributed by atoms with Gasteiger partial charge >= 0.3 is 16.2 Å². The highest BCUT2D eigenvalue weighted by Crippen LogP contribution is 2.33. The lowest BCUT2D eigenvalue weighted by Gasteiger charge is -2.37. The number of hydrogen-bond acceptors (Lipinski definition) is 6. The van der Waals surface area contributed by atoms with Gasteiger partial charge < -0.3 is 10.2 Å². The van der Waals surface area contributed by atoms with Gasteiger partial charge in [0.1, 0.15) is 0 Å². The summed E-state index contributed by atoms with van der Waals surface area (Å²) in [6.45, 7) is 7.53. The number of carbonyl (C=O) groups is 1. The zero-order valence-electron chi connectivity index (χ0n) is 18.0. The number of anilines is 2. The third-order valence-corrected chi connectivity index (χ3v) is 7.84. The number of aromatic nitrogens is 2. The number of likely N-dealkylation sites (tertiary alicyclic amines) is 1. The molecule has 1 aliphatic rings. The number of nitrogens with zero attached hydrogens (tertiary/aromatic N) is 4. The van der Waals surface area contributed by atoms with Crippen LogP contribution in [0.5, 0.6) is 0 Å². The Balaban J connectivity index is 1.83. The summed E-state index contributed by atoms with van der Waals surface area (Å²) < 4.78 is 31.6. The highest BCUT2D eigenvalue weighted by Gasteiger charge is 2.35. The molecule has 0 bridgehead atoms. The van der Waals surface area contributed by atoms with Crippen LogP contribution < -0.4 is 14.3 Å². The Morgan fingerprint density at radius 2 is 2.10 bits per heavy atom. The molecule has 0 unspecified atom stereocenters. The Bertz CT molecular complexity index is 998. The van der Waals surface area contributed by atoms with Gasteiger partial charge in [-0.25, -0.2) is 13.8 Å². The van der Waals surface area contributed by atoms with Crippen molar-refractivity contribution in [3.63, 3.8) is 0 Å². The van der Waals surface area contributed by atoms with E-state index in [0.29, 0.717) is 24.3 Å². The van der Waals surface area contributed by atoms with Gasteiger partial charge in [0.2, 0.25) is 0 Å².